The molecule has 2 atom stereocenters. The lowest BCUT2D eigenvalue weighted by Crippen LogP contribution is -2.30. The molecular weight excluding hydrogens is 170 g/mol. The van der Waals surface area contributed by atoms with Crippen LogP contribution in [-0.2, 0) is 9.59 Å². The fourth-order valence-electron chi connectivity index (χ4n) is 2.50. The third-order valence-corrected chi connectivity index (χ3v) is 3.10. The maximum Gasteiger partial charge on any atom is 0.303 e. The summed E-state index contributed by atoms with van der Waals surface area (Å²) in [5, 5.41) is 8.66. The molecule has 4 heteroatoms. The molecule has 13 heavy (non-hydrogen) atoms. The summed E-state index contributed by atoms with van der Waals surface area (Å²) in [5.74, 6) is -0.340. The molecule has 0 radical (unpaired) electrons. The largest absolute Gasteiger partial charge is 0.481 e. The highest BCUT2D eigenvalue weighted by Crippen LogP contribution is 2.35. The van der Waals surface area contributed by atoms with Gasteiger partial charge in [0.1, 0.15) is 0 Å². The zero-order chi connectivity index (χ0) is 9.42. The molecule has 0 spiro atoms. The molecule has 0 aromatic carbocycles. The highest BCUT2D eigenvalue weighted by atomic mass is 16.4. The van der Waals surface area contributed by atoms with Gasteiger partial charge < -0.3 is 10.0 Å². The van der Waals surface area contributed by atoms with E-state index < -0.39 is 5.97 Å². The Morgan fingerprint density at radius 1 is 1.54 bits per heavy atom. The smallest absolute Gasteiger partial charge is 0.303 e. The Hall–Kier alpha value is -1.06. The van der Waals surface area contributed by atoms with E-state index in [2.05, 4.69) is 0 Å². The number of aliphatic carboxylic acids is 1. The molecular formula is C9H13NO3. The summed E-state index contributed by atoms with van der Waals surface area (Å²) in [6, 6.07) is 0.226. The first-order valence-electron chi connectivity index (χ1n) is 4.70. The molecule has 72 valence electrons. The van der Waals surface area contributed by atoms with Gasteiger partial charge in [0.15, 0.2) is 0 Å². The summed E-state index contributed by atoms with van der Waals surface area (Å²) in [4.78, 5) is 23.6. The van der Waals surface area contributed by atoms with E-state index in [9.17, 15) is 9.59 Å². The molecule has 0 saturated carbocycles. The van der Waals surface area contributed by atoms with Crippen molar-refractivity contribution >= 4 is 11.9 Å². The Balaban J connectivity index is 2.02. The van der Waals surface area contributed by atoms with Gasteiger partial charge in [-0.3, -0.25) is 9.59 Å². The third kappa shape index (κ3) is 1.41. The van der Waals surface area contributed by atoms with E-state index in [1.165, 1.54) is 0 Å². The lowest BCUT2D eigenvalue weighted by molar-refractivity contribution is -0.138. The number of hydrogen-bond donors (Lipinski definition) is 1. The van der Waals surface area contributed by atoms with E-state index in [0.717, 1.165) is 19.4 Å². The van der Waals surface area contributed by atoms with E-state index in [1.807, 2.05) is 4.90 Å². The number of nitrogens with zero attached hydrogens (tertiary/aromatic N) is 1. The molecule has 0 aromatic rings. The number of carbonyl (C=O) groups excluding carboxylic acids is 1. The van der Waals surface area contributed by atoms with Gasteiger partial charge in [-0.2, -0.15) is 0 Å². The minimum atomic E-state index is -0.744. The average Bonchev–Trinajstić information content (AvgIpc) is 2.56. The second kappa shape index (κ2) is 3.01. The monoisotopic (exact) mass is 183 g/mol. The van der Waals surface area contributed by atoms with Crippen LogP contribution in [0.25, 0.3) is 0 Å². The molecule has 2 saturated heterocycles. The van der Waals surface area contributed by atoms with Gasteiger partial charge in [-0.05, 0) is 18.8 Å². The first-order valence-corrected chi connectivity index (χ1v) is 4.70. The van der Waals surface area contributed by atoms with Gasteiger partial charge in [0, 0.05) is 19.0 Å². The van der Waals surface area contributed by atoms with Crippen molar-refractivity contribution < 1.29 is 14.7 Å². The number of hydrogen-bond acceptors (Lipinski definition) is 2. The number of carboxylic acids is 1. The first kappa shape index (κ1) is 8.53. The Morgan fingerprint density at radius 3 is 3.00 bits per heavy atom. The van der Waals surface area contributed by atoms with Crippen LogP contribution >= 0.6 is 0 Å². The third-order valence-electron chi connectivity index (χ3n) is 3.10. The van der Waals surface area contributed by atoms with Crippen molar-refractivity contribution in [2.45, 2.75) is 31.7 Å². The van der Waals surface area contributed by atoms with Crippen molar-refractivity contribution in [3.8, 4) is 0 Å². The summed E-state index contributed by atoms with van der Waals surface area (Å²) in [6.45, 7) is 0.765. The van der Waals surface area contributed by atoms with Gasteiger partial charge in [0.05, 0.1) is 6.42 Å². The van der Waals surface area contributed by atoms with E-state index in [1.54, 1.807) is 0 Å². The Kier molecular flexibility index (Phi) is 1.98. The summed E-state index contributed by atoms with van der Waals surface area (Å²) in [7, 11) is 0. The summed E-state index contributed by atoms with van der Waals surface area (Å²) < 4.78 is 0. The van der Waals surface area contributed by atoms with E-state index >= 15 is 0 Å². The number of amides is 1. The van der Waals surface area contributed by atoms with Gasteiger partial charge >= 0.3 is 5.97 Å². The molecule has 2 aliphatic heterocycles. The lowest BCUT2D eigenvalue weighted by Gasteiger charge is -2.18. The highest BCUT2D eigenvalue weighted by molar-refractivity contribution is 5.79. The van der Waals surface area contributed by atoms with Crippen molar-refractivity contribution in [1.29, 1.82) is 0 Å². The molecule has 0 bridgehead atoms. The van der Waals surface area contributed by atoms with E-state index in [4.69, 9.17) is 5.11 Å². The van der Waals surface area contributed by atoms with Crippen LogP contribution < -0.4 is 0 Å². The molecule has 2 heterocycles. The SMILES string of the molecule is O=C(O)C[C@@H]1CCN2C(=O)CC[C@H]12. The predicted octanol–water partition coefficient (Wildman–Crippen LogP) is 0.472. The minimum Gasteiger partial charge on any atom is -0.481 e. The second-order valence-electron chi connectivity index (χ2n) is 3.84. The van der Waals surface area contributed by atoms with Gasteiger partial charge in [0.2, 0.25) is 5.91 Å². The quantitative estimate of drug-likeness (QED) is 0.677. The predicted molar refractivity (Wildman–Crippen MR) is 45.1 cm³/mol. The van der Waals surface area contributed by atoms with Crippen LogP contribution in [0.2, 0.25) is 0 Å². The molecule has 0 unspecified atom stereocenters. The normalized spacial score (nSPS) is 32.3. The second-order valence-corrected chi connectivity index (χ2v) is 3.84. The molecule has 1 amide bonds. The van der Waals surface area contributed by atoms with Crippen molar-refractivity contribution in [2.75, 3.05) is 6.54 Å². The zero-order valence-corrected chi connectivity index (χ0v) is 7.40. The topological polar surface area (TPSA) is 57.6 Å². The summed E-state index contributed by atoms with van der Waals surface area (Å²) in [5.41, 5.74) is 0. The maximum absolute atomic E-state index is 11.3. The lowest BCUT2D eigenvalue weighted by atomic mass is 9.95. The van der Waals surface area contributed by atoms with Crippen LogP contribution in [0.4, 0.5) is 0 Å². The van der Waals surface area contributed by atoms with Crippen LogP contribution in [0.15, 0.2) is 0 Å². The van der Waals surface area contributed by atoms with Crippen LogP contribution in [0.5, 0.6) is 0 Å². The number of rotatable bonds is 2. The van der Waals surface area contributed by atoms with E-state index in [-0.39, 0.29) is 24.3 Å². The molecule has 1 N–H and O–H groups in total. The molecule has 2 aliphatic rings. The van der Waals surface area contributed by atoms with Crippen molar-refractivity contribution in [3.63, 3.8) is 0 Å². The van der Waals surface area contributed by atoms with Gasteiger partial charge in [-0.15, -0.1) is 0 Å². The highest BCUT2D eigenvalue weighted by Gasteiger charge is 2.41. The van der Waals surface area contributed by atoms with Gasteiger partial charge in [0.25, 0.3) is 0 Å². The van der Waals surface area contributed by atoms with Crippen LogP contribution in [0, 0.1) is 5.92 Å². The maximum atomic E-state index is 11.3. The van der Waals surface area contributed by atoms with E-state index in [0.29, 0.717) is 6.42 Å². The summed E-state index contributed by atoms with van der Waals surface area (Å²) in [6.07, 6.45) is 2.55. The van der Waals surface area contributed by atoms with Crippen LogP contribution in [0.1, 0.15) is 25.7 Å². The minimum absolute atomic E-state index is 0.198. The first-order chi connectivity index (χ1) is 6.18. The Bertz CT molecular complexity index is 251. The van der Waals surface area contributed by atoms with Crippen molar-refractivity contribution in [1.82, 2.24) is 4.90 Å². The Morgan fingerprint density at radius 2 is 2.31 bits per heavy atom. The average molecular weight is 183 g/mol. The molecule has 4 nitrogen and oxygen atoms in total. The molecule has 0 aromatic heterocycles. The van der Waals surface area contributed by atoms with Gasteiger partial charge in [-0.25, -0.2) is 0 Å². The van der Waals surface area contributed by atoms with Crippen LogP contribution in [0.3, 0.4) is 0 Å². The van der Waals surface area contributed by atoms with Gasteiger partial charge in [-0.1, -0.05) is 0 Å². The fraction of sp³-hybridized carbons (Fsp3) is 0.778. The zero-order valence-electron chi connectivity index (χ0n) is 7.40. The molecule has 0 aliphatic carbocycles. The number of carboxylic acid groups (broad SMARTS) is 1. The van der Waals surface area contributed by atoms with Crippen LogP contribution in [-0.4, -0.2) is 34.5 Å². The fourth-order valence-corrected chi connectivity index (χ4v) is 2.50. The molecule has 2 fully saturated rings. The van der Waals surface area contributed by atoms with Crippen molar-refractivity contribution in [3.05, 3.63) is 0 Å². The number of carbonyl (C=O) groups is 2. The summed E-state index contributed by atoms with van der Waals surface area (Å²) >= 11 is 0. The molecule has 2 rings (SSSR count). The number of fused-ring (bicyclic) bond motifs is 1. The Labute approximate surface area is 76.5 Å². The van der Waals surface area contributed by atoms with Crippen molar-refractivity contribution in [2.24, 2.45) is 5.92 Å². The standard InChI is InChI=1S/C9H13NO3/c11-8-2-1-7-6(5-9(12)13)3-4-10(7)8/h6-7H,1-5H2,(H,12,13)/t6-,7+/m0/s1.